The lowest BCUT2D eigenvalue weighted by Gasteiger charge is -2.18. The number of carbonyl (C=O) groups excluding carboxylic acids is 2. The highest BCUT2D eigenvalue weighted by atomic mass is 31.2. The van der Waals surface area contributed by atoms with E-state index in [0.717, 1.165) is 70.6 Å². The van der Waals surface area contributed by atoms with Crippen molar-refractivity contribution in [2.45, 2.75) is 231 Å². The first-order chi connectivity index (χ1) is 30.1. The number of phosphoric acid groups is 1. The number of aliphatic hydroxyl groups excluding tert-OH is 1. The fourth-order valence-electron chi connectivity index (χ4n) is 6.73. The van der Waals surface area contributed by atoms with Crippen LogP contribution in [-0.2, 0) is 32.7 Å². The van der Waals surface area contributed by atoms with Crippen molar-refractivity contribution in [1.29, 1.82) is 0 Å². The van der Waals surface area contributed by atoms with E-state index in [0.29, 0.717) is 12.8 Å². The van der Waals surface area contributed by atoms with Crippen LogP contribution >= 0.6 is 7.82 Å². The van der Waals surface area contributed by atoms with Crippen molar-refractivity contribution in [2.75, 3.05) is 19.8 Å². The first kappa shape index (κ1) is 59.4. The molecular weight excluding hydrogens is 806 g/mol. The van der Waals surface area contributed by atoms with Crippen LogP contribution in [0.15, 0.2) is 48.6 Å². The van der Waals surface area contributed by atoms with Crippen molar-refractivity contribution in [3.05, 3.63) is 48.6 Å². The number of nitrogens with one attached hydrogen (secondary N) is 1. The van der Waals surface area contributed by atoms with Crippen LogP contribution in [0.4, 0.5) is 0 Å². The Balaban J connectivity index is 3.87. The van der Waals surface area contributed by atoms with Crippen LogP contribution < -0.4 is 5.32 Å². The SMILES string of the molecule is CCCCC/C=C\C/C=C\C/C=C\CCCCCCCCCCC(=O)NC(COP(=O)(O)OCC(O)COC(=O)CCCCCCCCC/C=C\CCCCCCCC)C(=O)O. The van der Waals surface area contributed by atoms with Crippen molar-refractivity contribution in [3.63, 3.8) is 0 Å². The maximum Gasteiger partial charge on any atom is 0.472 e. The Labute approximate surface area is 377 Å². The van der Waals surface area contributed by atoms with E-state index in [1.807, 2.05) is 0 Å². The average molecular weight is 896 g/mol. The molecule has 0 aromatic carbocycles. The van der Waals surface area contributed by atoms with Crippen LogP contribution in [0, 0.1) is 0 Å². The van der Waals surface area contributed by atoms with Gasteiger partial charge in [0.2, 0.25) is 5.91 Å². The highest BCUT2D eigenvalue weighted by molar-refractivity contribution is 7.47. The van der Waals surface area contributed by atoms with Crippen LogP contribution in [0.5, 0.6) is 0 Å². The molecular formula is C50H90NO10P. The van der Waals surface area contributed by atoms with E-state index in [4.69, 9.17) is 13.8 Å². The number of carboxylic acids is 1. The van der Waals surface area contributed by atoms with Crippen molar-refractivity contribution < 1.29 is 47.8 Å². The van der Waals surface area contributed by atoms with E-state index in [-0.39, 0.29) is 12.8 Å². The summed E-state index contributed by atoms with van der Waals surface area (Å²) in [6.45, 7) is 2.57. The molecule has 0 aromatic heterocycles. The van der Waals surface area contributed by atoms with Crippen molar-refractivity contribution >= 4 is 25.7 Å². The molecule has 4 N–H and O–H groups in total. The smallest absolute Gasteiger partial charge is 0.472 e. The van der Waals surface area contributed by atoms with Gasteiger partial charge in [-0.1, -0.05) is 178 Å². The number of phosphoric ester groups is 1. The zero-order valence-electron chi connectivity index (χ0n) is 39.2. The number of aliphatic hydroxyl groups is 1. The molecule has 0 bridgehead atoms. The molecule has 12 heteroatoms. The molecule has 3 atom stereocenters. The van der Waals surface area contributed by atoms with Crippen molar-refractivity contribution in [2.24, 2.45) is 0 Å². The van der Waals surface area contributed by atoms with E-state index >= 15 is 0 Å². The van der Waals surface area contributed by atoms with Crippen LogP contribution in [0.2, 0.25) is 0 Å². The largest absolute Gasteiger partial charge is 0.480 e. The monoisotopic (exact) mass is 896 g/mol. The van der Waals surface area contributed by atoms with Gasteiger partial charge in [-0.3, -0.25) is 18.6 Å². The topological polar surface area (TPSA) is 169 Å². The molecule has 0 fully saturated rings. The molecule has 3 unspecified atom stereocenters. The minimum absolute atomic E-state index is 0.136. The summed E-state index contributed by atoms with van der Waals surface area (Å²) in [5.74, 6) is -2.38. The van der Waals surface area contributed by atoms with E-state index in [2.05, 4.69) is 67.8 Å². The maximum absolute atomic E-state index is 12.4. The Morgan fingerprint density at radius 1 is 0.516 bits per heavy atom. The second kappa shape index (κ2) is 45.0. The van der Waals surface area contributed by atoms with Crippen molar-refractivity contribution in [1.82, 2.24) is 5.32 Å². The molecule has 11 nitrogen and oxygen atoms in total. The predicted octanol–water partition coefficient (Wildman–Crippen LogP) is 13.3. The van der Waals surface area contributed by atoms with Gasteiger partial charge in [0.05, 0.1) is 13.2 Å². The number of unbranched alkanes of at least 4 members (excludes halogenated alkanes) is 24. The second-order valence-electron chi connectivity index (χ2n) is 16.6. The lowest BCUT2D eigenvalue weighted by molar-refractivity contribution is -0.147. The van der Waals surface area contributed by atoms with E-state index in [9.17, 15) is 34.1 Å². The maximum atomic E-state index is 12.4. The zero-order valence-corrected chi connectivity index (χ0v) is 40.1. The minimum Gasteiger partial charge on any atom is -0.480 e. The quantitative estimate of drug-likeness (QED) is 0.0200. The Morgan fingerprint density at radius 2 is 0.887 bits per heavy atom. The van der Waals surface area contributed by atoms with E-state index in [1.165, 1.54) is 109 Å². The highest BCUT2D eigenvalue weighted by Crippen LogP contribution is 2.43. The summed E-state index contributed by atoms with van der Waals surface area (Å²) in [5, 5.41) is 21.9. The fraction of sp³-hybridized carbons (Fsp3) is 0.780. The van der Waals surface area contributed by atoms with Gasteiger partial charge in [0, 0.05) is 12.8 Å². The molecule has 0 heterocycles. The molecule has 0 aliphatic heterocycles. The van der Waals surface area contributed by atoms with Gasteiger partial charge in [-0.2, -0.15) is 0 Å². The Kier molecular flexibility index (Phi) is 43.2. The number of hydrogen-bond acceptors (Lipinski definition) is 8. The number of hydrogen-bond donors (Lipinski definition) is 4. The fourth-order valence-corrected chi connectivity index (χ4v) is 7.50. The molecule has 0 aliphatic carbocycles. The van der Waals surface area contributed by atoms with Crippen LogP contribution in [0.25, 0.3) is 0 Å². The highest BCUT2D eigenvalue weighted by Gasteiger charge is 2.28. The summed E-state index contributed by atoms with van der Waals surface area (Å²) in [6.07, 6.45) is 51.2. The number of carbonyl (C=O) groups is 3. The molecule has 62 heavy (non-hydrogen) atoms. The van der Waals surface area contributed by atoms with Gasteiger partial charge in [0.15, 0.2) is 6.04 Å². The standard InChI is InChI=1S/C50H90NO10P/c1-3-5-7-9-11-13-15-17-19-21-22-23-24-26-27-29-31-33-35-37-39-41-48(53)51-47(50(55)56)45-61-62(57,58)60-44-46(52)43-59-49(54)42-40-38-36-34-32-30-28-25-20-18-16-14-12-10-8-6-4-2/h11,13,17-20,22-23,46-47,52H,3-10,12,14-16,21,24-45H2,1-2H3,(H,51,53)(H,55,56)(H,57,58)/b13-11-,19-17-,20-18-,23-22-. The van der Waals surface area contributed by atoms with Gasteiger partial charge in [-0.15, -0.1) is 0 Å². The first-order valence-corrected chi connectivity index (χ1v) is 26.2. The molecule has 0 saturated carbocycles. The second-order valence-corrected chi connectivity index (χ2v) is 18.1. The lowest BCUT2D eigenvalue weighted by atomic mass is 10.1. The van der Waals surface area contributed by atoms with Crippen LogP contribution in [-0.4, -0.2) is 64.9 Å². The first-order valence-electron chi connectivity index (χ1n) is 24.7. The van der Waals surface area contributed by atoms with Gasteiger partial charge in [-0.25, -0.2) is 9.36 Å². The van der Waals surface area contributed by atoms with Gasteiger partial charge in [-0.05, 0) is 77.0 Å². The summed E-state index contributed by atoms with van der Waals surface area (Å²) in [4.78, 5) is 46.1. The molecule has 0 aromatic rings. The zero-order chi connectivity index (χ0) is 45.6. The predicted molar refractivity (Wildman–Crippen MR) is 254 cm³/mol. The minimum atomic E-state index is -4.76. The van der Waals surface area contributed by atoms with Gasteiger partial charge in [0.25, 0.3) is 0 Å². The van der Waals surface area contributed by atoms with Gasteiger partial charge >= 0.3 is 19.8 Å². The molecule has 0 radical (unpaired) electrons. The summed E-state index contributed by atoms with van der Waals surface area (Å²) in [6, 6.07) is -1.55. The number of rotatable bonds is 46. The molecule has 0 aliphatic rings. The molecule has 360 valence electrons. The number of esters is 1. The van der Waals surface area contributed by atoms with Gasteiger partial charge in [0.1, 0.15) is 12.7 Å². The average Bonchev–Trinajstić information content (AvgIpc) is 3.25. The van der Waals surface area contributed by atoms with E-state index in [1.54, 1.807) is 0 Å². The third-order valence-electron chi connectivity index (χ3n) is 10.6. The van der Waals surface area contributed by atoms with Crippen molar-refractivity contribution in [3.8, 4) is 0 Å². The van der Waals surface area contributed by atoms with Crippen LogP contribution in [0.3, 0.4) is 0 Å². The number of carboxylic acid groups (broad SMARTS) is 1. The number of allylic oxidation sites excluding steroid dienone is 8. The normalized spacial score (nSPS) is 14.0. The lowest BCUT2D eigenvalue weighted by Crippen LogP contribution is -2.43. The van der Waals surface area contributed by atoms with Gasteiger partial charge < -0.3 is 25.2 Å². The number of aliphatic carboxylic acids is 1. The number of ether oxygens (including phenoxy) is 1. The number of amides is 1. The summed E-state index contributed by atoms with van der Waals surface area (Å²) in [7, 11) is -4.76. The van der Waals surface area contributed by atoms with E-state index < -0.39 is 57.6 Å². The molecule has 1 amide bonds. The Morgan fingerprint density at radius 3 is 1.37 bits per heavy atom. The Bertz CT molecular complexity index is 1240. The third-order valence-corrected chi connectivity index (χ3v) is 11.5. The Hall–Kier alpha value is -2.56. The summed E-state index contributed by atoms with van der Waals surface area (Å²) in [5.41, 5.74) is 0. The molecule has 0 spiro atoms. The summed E-state index contributed by atoms with van der Waals surface area (Å²) < 4.78 is 26.9. The molecule has 0 saturated heterocycles. The molecule has 0 rings (SSSR count). The van der Waals surface area contributed by atoms with Crippen LogP contribution in [0.1, 0.15) is 219 Å². The summed E-state index contributed by atoms with van der Waals surface area (Å²) >= 11 is 0. The third kappa shape index (κ3) is 44.1.